The molecule has 1 amide bonds. The zero-order valence-corrected chi connectivity index (χ0v) is 21.4. The highest BCUT2D eigenvalue weighted by Crippen LogP contribution is 2.19. The maximum absolute atomic E-state index is 11.9. The van der Waals surface area contributed by atoms with E-state index in [0.717, 1.165) is 62.7 Å². The number of likely N-dealkylation sites (N-methyl/N-ethyl adjacent to an activating group) is 1. The number of carbonyl (C=O) groups excluding carboxylic acids is 1. The minimum absolute atomic E-state index is 0. The van der Waals surface area contributed by atoms with E-state index in [0.29, 0.717) is 12.6 Å². The van der Waals surface area contributed by atoms with Crippen LogP contribution >= 0.6 is 24.0 Å². The van der Waals surface area contributed by atoms with Crippen LogP contribution in [0.2, 0.25) is 0 Å². The molecule has 1 aromatic rings. The summed E-state index contributed by atoms with van der Waals surface area (Å²) in [4.78, 5) is 20.5. The number of piperidine rings is 1. The number of likely N-dealkylation sites (tertiary alicyclic amines) is 1. The number of amides is 1. The van der Waals surface area contributed by atoms with E-state index >= 15 is 0 Å². The van der Waals surface area contributed by atoms with Crippen LogP contribution in [-0.4, -0.2) is 81.6 Å². The van der Waals surface area contributed by atoms with Gasteiger partial charge in [0.15, 0.2) is 5.96 Å². The lowest BCUT2D eigenvalue weighted by Gasteiger charge is -2.33. The van der Waals surface area contributed by atoms with Crippen molar-refractivity contribution in [1.29, 1.82) is 0 Å². The van der Waals surface area contributed by atoms with Crippen LogP contribution in [0.4, 0.5) is 0 Å². The predicted octanol–water partition coefficient (Wildman–Crippen LogP) is 2.27. The first kappa shape index (κ1) is 26.5. The fraction of sp³-hybridized carbons (Fsp3) is 0.636. The maximum atomic E-state index is 11.9. The Bertz CT molecular complexity index is 688. The molecule has 30 heavy (non-hydrogen) atoms. The zero-order chi connectivity index (χ0) is 21.2. The van der Waals surface area contributed by atoms with Gasteiger partial charge in [0.1, 0.15) is 5.75 Å². The zero-order valence-electron chi connectivity index (χ0n) is 19.0. The van der Waals surface area contributed by atoms with E-state index in [9.17, 15) is 4.79 Å². The Morgan fingerprint density at radius 1 is 1.30 bits per heavy atom. The van der Waals surface area contributed by atoms with E-state index in [1.54, 1.807) is 12.0 Å². The molecule has 0 bridgehead atoms. The molecule has 8 heteroatoms. The van der Waals surface area contributed by atoms with Crippen molar-refractivity contribution in [2.24, 2.45) is 4.99 Å². The number of carbonyl (C=O) groups is 1. The topological polar surface area (TPSA) is 69.2 Å². The third-order valence-electron chi connectivity index (χ3n) is 5.27. The number of rotatable bonds is 8. The average molecular weight is 531 g/mol. The molecule has 2 rings (SSSR count). The fourth-order valence-electron chi connectivity index (χ4n) is 3.40. The molecule has 0 aromatic heterocycles. The highest BCUT2D eigenvalue weighted by Gasteiger charge is 2.22. The molecule has 1 aromatic carbocycles. The van der Waals surface area contributed by atoms with E-state index in [1.165, 1.54) is 5.56 Å². The Hall–Kier alpha value is -1.55. The number of benzene rings is 1. The van der Waals surface area contributed by atoms with Crippen LogP contribution in [0.15, 0.2) is 23.2 Å². The van der Waals surface area contributed by atoms with E-state index in [2.05, 4.69) is 47.6 Å². The van der Waals surface area contributed by atoms with Crippen molar-refractivity contribution in [2.75, 3.05) is 53.9 Å². The second kappa shape index (κ2) is 13.7. The monoisotopic (exact) mass is 531 g/mol. The highest BCUT2D eigenvalue weighted by atomic mass is 127. The molecule has 2 N–H and O–H groups in total. The maximum Gasteiger partial charge on any atom is 0.236 e. The Balaban J connectivity index is 0.00000450. The van der Waals surface area contributed by atoms with Crippen molar-refractivity contribution in [3.8, 4) is 5.75 Å². The summed E-state index contributed by atoms with van der Waals surface area (Å²) in [6.45, 7) is 8.05. The molecule has 0 aliphatic carbocycles. The van der Waals surface area contributed by atoms with Crippen molar-refractivity contribution in [2.45, 2.75) is 39.2 Å². The summed E-state index contributed by atoms with van der Waals surface area (Å²) in [7, 11) is 5.32. The van der Waals surface area contributed by atoms with Gasteiger partial charge >= 0.3 is 0 Å². The molecule has 1 aliphatic rings. The number of guanidine groups is 1. The molecule has 1 aliphatic heterocycles. The van der Waals surface area contributed by atoms with Gasteiger partial charge in [0.2, 0.25) is 5.91 Å². The number of halogens is 1. The summed E-state index contributed by atoms with van der Waals surface area (Å²) in [5, 5.41) is 6.91. The molecule has 1 heterocycles. The second-order valence-electron chi connectivity index (χ2n) is 7.80. The number of methoxy groups -OCH3 is 1. The first-order valence-corrected chi connectivity index (χ1v) is 10.5. The van der Waals surface area contributed by atoms with Crippen LogP contribution < -0.4 is 15.4 Å². The Morgan fingerprint density at radius 2 is 2.00 bits per heavy atom. The van der Waals surface area contributed by atoms with Gasteiger partial charge in [-0.25, -0.2) is 0 Å². The number of hydrogen-bond acceptors (Lipinski definition) is 4. The lowest BCUT2D eigenvalue weighted by molar-refractivity contribution is -0.130. The quantitative estimate of drug-likeness (QED) is 0.306. The molecule has 1 fully saturated rings. The van der Waals surface area contributed by atoms with Gasteiger partial charge in [0, 0.05) is 46.3 Å². The van der Waals surface area contributed by atoms with Crippen LogP contribution in [0.1, 0.15) is 30.9 Å². The van der Waals surface area contributed by atoms with Crippen molar-refractivity contribution in [1.82, 2.24) is 20.4 Å². The fourth-order valence-corrected chi connectivity index (χ4v) is 3.40. The van der Waals surface area contributed by atoms with E-state index < -0.39 is 0 Å². The summed E-state index contributed by atoms with van der Waals surface area (Å²) in [6, 6.07) is 6.71. The first-order chi connectivity index (χ1) is 13.9. The molecular formula is C22H38IN5O2. The van der Waals surface area contributed by atoms with Gasteiger partial charge < -0.3 is 20.3 Å². The molecule has 0 spiro atoms. The smallest absolute Gasteiger partial charge is 0.236 e. The lowest BCUT2D eigenvalue weighted by Crippen LogP contribution is -2.50. The normalized spacial score (nSPS) is 15.3. The molecule has 0 unspecified atom stereocenters. The minimum atomic E-state index is 0. The van der Waals surface area contributed by atoms with Gasteiger partial charge in [-0.2, -0.15) is 0 Å². The molecule has 1 saturated heterocycles. The molecule has 7 nitrogen and oxygen atoms in total. The number of hydrogen-bond donors (Lipinski definition) is 2. The number of ether oxygens (including phenoxy) is 1. The molecule has 170 valence electrons. The van der Waals surface area contributed by atoms with Crippen molar-refractivity contribution < 1.29 is 9.53 Å². The molecule has 0 radical (unpaired) electrons. The van der Waals surface area contributed by atoms with Gasteiger partial charge in [0.25, 0.3) is 0 Å². The first-order valence-electron chi connectivity index (χ1n) is 10.5. The third-order valence-corrected chi connectivity index (χ3v) is 5.27. The van der Waals surface area contributed by atoms with Crippen molar-refractivity contribution in [3.63, 3.8) is 0 Å². The lowest BCUT2D eigenvalue weighted by atomic mass is 10.1. The number of nitrogens with zero attached hydrogens (tertiary/aromatic N) is 3. The van der Waals surface area contributed by atoms with E-state index in [4.69, 9.17) is 9.73 Å². The van der Waals surface area contributed by atoms with Crippen molar-refractivity contribution in [3.05, 3.63) is 29.3 Å². The minimum Gasteiger partial charge on any atom is -0.496 e. The van der Waals surface area contributed by atoms with Gasteiger partial charge in [-0.1, -0.05) is 12.1 Å². The highest BCUT2D eigenvalue weighted by molar-refractivity contribution is 14.0. The van der Waals surface area contributed by atoms with Gasteiger partial charge in [-0.3, -0.25) is 14.7 Å². The summed E-state index contributed by atoms with van der Waals surface area (Å²) in [5.74, 6) is 1.96. The SMILES string of the molecule is CCNC(=NCCc1ccc(C)c(OC)c1)NC1CCN(CC(=O)N(C)C)CC1.I. The standard InChI is InChI=1S/C22H37N5O2.HI/c1-6-23-22(24-12-9-18-8-7-17(2)20(15-18)29-5)25-19-10-13-27(14-11-19)16-21(28)26(3)4;/h7-8,15,19H,6,9-14,16H2,1-5H3,(H2,23,24,25);1H. The van der Waals surface area contributed by atoms with E-state index in [-0.39, 0.29) is 29.9 Å². The van der Waals surface area contributed by atoms with Gasteiger partial charge in [-0.15, -0.1) is 24.0 Å². The van der Waals surface area contributed by atoms with Crippen LogP contribution in [0.5, 0.6) is 5.75 Å². The van der Waals surface area contributed by atoms with Gasteiger partial charge in [-0.05, 0) is 50.3 Å². The second-order valence-corrected chi connectivity index (χ2v) is 7.80. The van der Waals surface area contributed by atoms with Crippen LogP contribution in [0.25, 0.3) is 0 Å². The molecule has 0 saturated carbocycles. The van der Waals surface area contributed by atoms with Crippen LogP contribution in [0.3, 0.4) is 0 Å². The van der Waals surface area contributed by atoms with Crippen molar-refractivity contribution >= 4 is 35.8 Å². The largest absolute Gasteiger partial charge is 0.496 e. The third kappa shape index (κ3) is 8.67. The number of aliphatic imine (C=N–C) groups is 1. The summed E-state index contributed by atoms with van der Waals surface area (Å²) in [6.07, 6.45) is 2.90. The molecule has 0 atom stereocenters. The molecular weight excluding hydrogens is 493 g/mol. The average Bonchev–Trinajstić information content (AvgIpc) is 2.70. The van der Waals surface area contributed by atoms with Gasteiger partial charge in [0.05, 0.1) is 13.7 Å². The van der Waals surface area contributed by atoms with E-state index in [1.807, 2.05) is 14.1 Å². The number of nitrogens with one attached hydrogen (secondary N) is 2. The Morgan fingerprint density at radius 3 is 2.60 bits per heavy atom. The number of aryl methyl sites for hydroxylation is 1. The Kier molecular flexibility index (Phi) is 12.1. The summed E-state index contributed by atoms with van der Waals surface area (Å²) >= 11 is 0. The van der Waals surface area contributed by atoms with Crippen LogP contribution in [0, 0.1) is 6.92 Å². The predicted molar refractivity (Wildman–Crippen MR) is 134 cm³/mol. The Labute approximate surface area is 198 Å². The van der Waals surface area contributed by atoms with Crippen LogP contribution in [-0.2, 0) is 11.2 Å². The summed E-state index contributed by atoms with van der Waals surface area (Å²) < 4.78 is 5.41. The summed E-state index contributed by atoms with van der Waals surface area (Å²) in [5.41, 5.74) is 2.37.